The number of amides is 2. The molecule has 3 N–H and O–H groups in total. The van der Waals surface area contributed by atoms with Crippen LogP contribution in [0.25, 0.3) is 0 Å². The molecule has 0 aliphatic heterocycles. The van der Waals surface area contributed by atoms with Crippen LogP contribution in [0, 0.1) is 6.92 Å². The summed E-state index contributed by atoms with van der Waals surface area (Å²) in [6, 6.07) is 9.26. The van der Waals surface area contributed by atoms with E-state index in [1.807, 2.05) is 19.2 Å². The molecule has 0 saturated heterocycles. The minimum atomic E-state index is -1.17. The first-order valence-electron chi connectivity index (χ1n) is 8.37. The van der Waals surface area contributed by atoms with Crippen LogP contribution in [-0.2, 0) is 11.3 Å². The molecule has 2 aromatic rings. The van der Waals surface area contributed by atoms with Gasteiger partial charge in [-0.2, -0.15) is 11.8 Å². The topological polar surface area (TPSA) is 109 Å². The van der Waals surface area contributed by atoms with E-state index in [1.54, 1.807) is 30.0 Å². The van der Waals surface area contributed by atoms with Crippen molar-refractivity contribution in [1.29, 1.82) is 0 Å². The highest BCUT2D eigenvalue weighted by Gasteiger charge is 2.21. The van der Waals surface area contributed by atoms with E-state index in [0.717, 1.165) is 5.56 Å². The van der Waals surface area contributed by atoms with Gasteiger partial charge in [-0.25, -0.2) is 4.79 Å². The van der Waals surface area contributed by atoms with E-state index < -0.39 is 12.0 Å². The molecule has 8 heteroatoms. The zero-order chi connectivity index (χ0) is 19.8. The lowest BCUT2D eigenvalue weighted by atomic mass is 10.1. The summed E-state index contributed by atoms with van der Waals surface area (Å²) < 4.78 is 5.11. The molecule has 0 bridgehead atoms. The molecule has 1 heterocycles. The lowest BCUT2D eigenvalue weighted by Gasteiger charge is -2.18. The summed E-state index contributed by atoms with van der Waals surface area (Å²) in [7, 11) is 0. The predicted molar refractivity (Wildman–Crippen MR) is 103 cm³/mol. The number of carbonyl (C=O) groups is 3. The molecule has 0 radical (unpaired) electrons. The van der Waals surface area contributed by atoms with E-state index in [-0.39, 0.29) is 24.1 Å². The Morgan fingerprint density at radius 2 is 2.00 bits per heavy atom. The van der Waals surface area contributed by atoms with Crippen LogP contribution in [0.1, 0.15) is 38.7 Å². The number of benzene rings is 1. The summed E-state index contributed by atoms with van der Waals surface area (Å²) in [4.78, 5) is 35.8. The van der Waals surface area contributed by atoms with Gasteiger partial charge in [0.05, 0.1) is 6.54 Å². The molecule has 1 atom stereocenters. The van der Waals surface area contributed by atoms with Crippen molar-refractivity contribution in [3.8, 4) is 0 Å². The zero-order valence-corrected chi connectivity index (χ0v) is 16.0. The van der Waals surface area contributed by atoms with Gasteiger partial charge in [0.1, 0.15) is 11.8 Å². The maximum atomic E-state index is 12.5. The molecule has 0 aliphatic rings. The lowest BCUT2D eigenvalue weighted by Crippen LogP contribution is -2.46. The van der Waals surface area contributed by atoms with Crippen LogP contribution >= 0.6 is 11.8 Å². The third-order valence-electron chi connectivity index (χ3n) is 3.82. The Hall–Kier alpha value is -2.74. The summed E-state index contributed by atoms with van der Waals surface area (Å²) in [6.07, 6.45) is 2.40. The van der Waals surface area contributed by atoms with Crippen LogP contribution in [-0.4, -0.2) is 40.9 Å². The van der Waals surface area contributed by atoms with Crippen molar-refractivity contribution in [1.82, 2.24) is 10.6 Å². The zero-order valence-electron chi connectivity index (χ0n) is 15.2. The second-order valence-electron chi connectivity index (χ2n) is 5.97. The van der Waals surface area contributed by atoms with Crippen molar-refractivity contribution in [3.05, 3.63) is 59.0 Å². The number of hydrogen-bond acceptors (Lipinski definition) is 5. The average Bonchev–Trinajstić information content (AvgIpc) is 3.12. The van der Waals surface area contributed by atoms with Gasteiger partial charge in [0.2, 0.25) is 11.7 Å². The Morgan fingerprint density at radius 1 is 1.22 bits per heavy atom. The molecule has 0 fully saturated rings. The van der Waals surface area contributed by atoms with E-state index >= 15 is 0 Å². The molecule has 1 unspecified atom stereocenters. The number of nitrogens with one attached hydrogen (secondary N) is 2. The number of aromatic carboxylic acids is 1. The third-order valence-corrected chi connectivity index (χ3v) is 4.47. The van der Waals surface area contributed by atoms with Gasteiger partial charge >= 0.3 is 5.97 Å². The van der Waals surface area contributed by atoms with Crippen molar-refractivity contribution < 1.29 is 23.9 Å². The summed E-state index contributed by atoms with van der Waals surface area (Å²) in [6.45, 7) is 1.94. The van der Waals surface area contributed by atoms with Crippen molar-refractivity contribution >= 4 is 29.5 Å². The molecular weight excluding hydrogens is 368 g/mol. The van der Waals surface area contributed by atoms with E-state index in [4.69, 9.17) is 9.52 Å². The molecule has 144 valence electrons. The van der Waals surface area contributed by atoms with Crippen LogP contribution < -0.4 is 10.6 Å². The first-order chi connectivity index (χ1) is 12.9. The number of furan rings is 1. The first-order valence-corrected chi connectivity index (χ1v) is 9.76. The second-order valence-corrected chi connectivity index (χ2v) is 6.95. The number of carboxylic acids is 1. The van der Waals surface area contributed by atoms with Crippen molar-refractivity contribution in [2.24, 2.45) is 0 Å². The molecule has 7 nitrogen and oxygen atoms in total. The van der Waals surface area contributed by atoms with Gasteiger partial charge in [-0.15, -0.1) is 0 Å². The molecule has 1 aromatic heterocycles. The molecule has 2 amide bonds. The first kappa shape index (κ1) is 20.6. The number of aryl methyl sites for hydroxylation is 1. The van der Waals surface area contributed by atoms with Crippen molar-refractivity contribution in [3.63, 3.8) is 0 Å². The van der Waals surface area contributed by atoms with E-state index in [9.17, 15) is 14.4 Å². The fourth-order valence-electron chi connectivity index (χ4n) is 2.42. The highest BCUT2D eigenvalue weighted by atomic mass is 32.2. The lowest BCUT2D eigenvalue weighted by molar-refractivity contribution is -0.123. The van der Waals surface area contributed by atoms with Gasteiger partial charge in [-0.1, -0.05) is 17.7 Å². The second kappa shape index (κ2) is 9.82. The maximum absolute atomic E-state index is 12.5. The van der Waals surface area contributed by atoms with Crippen molar-refractivity contribution in [2.45, 2.75) is 25.9 Å². The van der Waals surface area contributed by atoms with Gasteiger partial charge in [-0.05, 0) is 49.6 Å². The number of carbonyl (C=O) groups excluding carboxylic acids is 2. The summed E-state index contributed by atoms with van der Waals surface area (Å²) >= 11 is 1.58. The summed E-state index contributed by atoms with van der Waals surface area (Å²) in [5.41, 5.74) is 1.45. The standard InChI is InChI=1S/C19H22N2O5S/c1-12-4-3-5-13(10-12)17(22)21-15(8-9-27-2)18(23)20-11-14-6-7-16(26-14)19(24)25/h3-7,10,15H,8-9,11H2,1-2H3,(H,20,23)(H,21,22)(H,24,25). The minimum Gasteiger partial charge on any atom is -0.475 e. The average molecular weight is 390 g/mol. The predicted octanol–water partition coefficient (Wildman–Crippen LogP) is 2.45. The largest absolute Gasteiger partial charge is 0.475 e. The fraction of sp³-hybridized carbons (Fsp3) is 0.316. The highest BCUT2D eigenvalue weighted by Crippen LogP contribution is 2.09. The molecule has 27 heavy (non-hydrogen) atoms. The summed E-state index contributed by atoms with van der Waals surface area (Å²) in [5, 5.41) is 14.3. The van der Waals surface area contributed by atoms with Gasteiger partial charge in [-0.3, -0.25) is 9.59 Å². The van der Waals surface area contributed by atoms with Gasteiger partial charge in [0.25, 0.3) is 5.91 Å². The van der Waals surface area contributed by atoms with Crippen LogP contribution in [0.3, 0.4) is 0 Å². The van der Waals surface area contributed by atoms with Gasteiger partial charge < -0.3 is 20.2 Å². The molecule has 1 aromatic carbocycles. The number of rotatable bonds is 9. The highest BCUT2D eigenvalue weighted by molar-refractivity contribution is 7.98. The Balaban J connectivity index is 1.99. The van der Waals surface area contributed by atoms with Crippen LogP contribution in [0.4, 0.5) is 0 Å². The normalized spacial score (nSPS) is 11.6. The Kier molecular flexibility index (Phi) is 7.48. The number of carboxylic acid groups (broad SMARTS) is 1. The molecule has 2 rings (SSSR count). The number of thioether (sulfide) groups is 1. The van der Waals surface area contributed by atoms with E-state index in [2.05, 4.69) is 10.6 Å². The minimum absolute atomic E-state index is 0.0438. The Labute approximate surface area is 161 Å². The SMILES string of the molecule is CSCCC(NC(=O)c1cccc(C)c1)C(=O)NCc1ccc(C(=O)O)o1. The van der Waals surface area contributed by atoms with E-state index in [0.29, 0.717) is 23.5 Å². The van der Waals surface area contributed by atoms with Gasteiger partial charge in [0.15, 0.2) is 0 Å². The van der Waals surface area contributed by atoms with Crippen LogP contribution in [0.5, 0.6) is 0 Å². The number of hydrogen-bond donors (Lipinski definition) is 3. The molecule has 0 spiro atoms. The molecule has 0 aliphatic carbocycles. The smallest absolute Gasteiger partial charge is 0.371 e. The van der Waals surface area contributed by atoms with Crippen molar-refractivity contribution in [2.75, 3.05) is 12.0 Å². The van der Waals surface area contributed by atoms with E-state index in [1.165, 1.54) is 12.1 Å². The third kappa shape index (κ3) is 6.18. The molecular formula is C19H22N2O5S. The summed E-state index contributed by atoms with van der Waals surface area (Å²) in [5.74, 6) is -0.989. The van der Waals surface area contributed by atoms with Crippen LogP contribution in [0.2, 0.25) is 0 Å². The van der Waals surface area contributed by atoms with Crippen LogP contribution in [0.15, 0.2) is 40.8 Å². The van der Waals surface area contributed by atoms with Gasteiger partial charge in [0, 0.05) is 5.56 Å². The Bertz CT molecular complexity index is 818. The quantitative estimate of drug-likeness (QED) is 0.607. The fourth-order valence-corrected chi connectivity index (χ4v) is 2.89. The monoisotopic (exact) mass is 390 g/mol. The molecule has 0 saturated carbocycles. The Morgan fingerprint density at radius 3 is 2.63 bits per heavy atom. The maximum Gasteiger partial charge on any atom is 0.371 e.